The zero-order valence-corrected chi connectivity index (χ0v) is 18.4. The third kappa shape index (κ3) is 3.73. The Morgan fingerprint density at radius 3 is 2.67 bits per heavy atom. The zero-order chi connectivity index (χ0) is 23.3. The number of imide groups is 1. The molecule has 2 aliphatic carbocycles. The van der Waals surface area contributed by atoms with Gasteiger partial charge in [0.05, 0.1) is 0 Å². The molecule has 1 aliphatic heterocycles. The summed E-state index contributed by atoms with van der Waals surface area (Å²) < 4.78 is 18.9. The molecule has 2 N–H and O–H groups in total. The number of anilines is 1. The van der Waals surface area contributed by atoms with Gasteiger partial charge in [0.1, 0.15) is 12.4 Å². The number of benzene rings is 2. The van der Waals surface area contributed by atoms with Gasteiger partial charge < -0.3 is 15.4 Å². The van der Waals surface area contributed by atoms with E-state index >= 15 is 0 Å². The summed E-state index contributed by atoms with van der Waals surface area (Å²) in [4.78, 5) is 42.1. The highest BCUT2D eigenvalue weighted by Crippen LogP contribution is 2.46. The Hall–Kier alpha value is -3.42. The van der Waals surface area contributed by atoms with Crippen molar-refractivity contribution in [3.05, 3.63) is 65.0 Å². The predicted molar refractivity (Wildman–Crippen MR) is 118 cm³/mol. The Bertz CT molecular complexity index is 1130. The molecule has 1 heterocycles. The van der Waals surface area contributed by atoms with Gasteiger partial charge in [-0.2, -0.15) is 0 Å². The number of halogens is 1. The summed E-state index contributed by atoms with van der Waals surface area (Å²) >= 11 is 0. The molecule has 0 unspecified atom stereocenters. The van der Waals surface area contributed by atoms with Crippen LogP contribution in [0.3, 0.4) is 0 Å². The van der Waals surface area contributed by atoms with Crippen LogP contribution in [0, 0.1) is 11.7 Å². The van der Waals surface area contributed by atoms with E-state index in [0.29, 0.717) is 30.0 Å². The van der Waals surface area contributed by atoms with Crippen molar-refractivity contribution in [2.75, 3.05) is 12.3 Å². The Balaban J connectivity index is 1.37. The topological polar surface area (TPSA) is 92.9 Å². The van der Waals surface area contributed by atoms with Crippen molar-refractivity contribution < 1.29 is 23.5 Å². The number of aryl methyl sites for hydroxylation is 1. The first-order valence-electron chi connectivity index (χ1n) is 11.3. The molecule has 172 valence electrons. The highest BCUT2D eigenvalue weighted by Gasteiger charge is 2.58. The van der Waals surface area contributed by atoms with Gasteiger partial charge in [0.15, 0.2) is 0 Å². The van der Waals surface area contributed by atoms with E-state index in [1.54, 1.807) is 35.2 Å². The number of ether oxygens (including phenoxy) is 1. The summed E-state index contributed by atoms with van der Waals surface area (Å²) in [6, 6.07) is 11.1. The summed E-state index contributed by atoms with van der Waals surface area (Å²) in [7, 11) is 0. The third-order valence-corrected chi connectivity index (χ3v) is 7.06. The SMILES string of the molecule is C[C@H](C1CC1)N(Cc1ccc(F)cc1)C(=O)CN1C(=O)O[C@]2(CCc3cc(N)ccc32)C1=O. The molecule has 1 saturated heterocycles. The average Bonchev–Trinajstić information content (AvgIpc) is 3.54. The quantitative estimate of drug-likeness (QED) is 0.680. The summed E-state index contributed by atoms with van der Waals surface area (Å²) in [5.41, 5.74) is 7.36. The molecule has 0 radical (unpaired) electrons. The van der Waals surface area contributed by atoms with Crippen molar-refractivity contribution in [2.45, 2.75) is 50.8 Å². The molecule has 2 fully saturated rings. The summed E-state index contributed by atoms with van der Waals surface area (Å²) in [6.45, 7) is 1.87. The molecule has 7 nitrogen and oxygen atoms in total. The van der Waals surface area contributed by atoms with E-state index in [0.717, 1.165) is 28.9 Å². The van der Waals surface area contributed by atoms with Crippen LogP contribution in [0.5, 0.6) is 0 Å². The molecule has 1 spiro atoms. The van der Waals surface area contributed by atoms with E-state index in [9.17, 15) is 18.8 Å². The third-order valence-electron chi connectivity index (χ3n) is 7.06. The van der Waals surface area contributed by atoms with Gasteiger partial charge in [0, 0.05) is 30.3 Å². The van der Waals surface area contributed by atoms with Gasteiger partial charge in [-0.05, 0) is 67.5 Å². The van der Waals surface area contributed by atoms with Gasteiger partial charge in [0.25, 0.3) is 5.91 Å². The zero-order valence-electron chi connectivity index (χ0n) is 18.4. The number of hydrogen-bond donors (Lipinski definition) is 1. The lowest BCUT2D eigenvalue weighted by atomic mass is 9.94. The van der Waals surface area contributed by atoms with Crippen LogP contribution in [-0.4, -0.2) is 40.3 Å². The number of carbonyl (C=O) groups is 3. The predicted octanol–water partition coefficient (Wildman–Crippen LogP) is 3.36. The fourth-order valence-corrected chi connectivity index (χ4v) is 4.98. The fourth-order valence-electron chi connectivity index (χ4n) is 4.98. The van der Waals surface area contributed by atoms with Crippen LogP contribution in [0.2, 0.25) is 0 Å². The fraction of sp³-hybridized carbons (Fsp3) is 0.400. The number of nitrogen functional groups attached to an aromatic ring is 1. The van der Waals surface area contributed by atoms with Crippen LogP contribution in [0.25, 0.3) is 0 Å². The Morgan fingerprint density at radius 2 is 1.97 bits per heavy atom. The highest BCUT2D eigenvalue weighted by atomic mass is 19.1. The number of nitrogens with zero attached hydrogens (tertiary/aromatic N) is 2. The molecule has 33 heavy (non-hydrogen) atoms. The van der Waals surface area contributed by atoms with E-state index in [1.807, 2.05) is 6.92 Å². The number of amides is 3. The molecule has 1 saturated carbocycles. The van der Waals surface area contributed by atoms with Gasteiger partial charge in [-0.15, -0.1) is 0 Å². The van der Waals surface area contributed by atoms with E-state index in [2.05, 4.69) is 0 Å². The Kier molecular flexibility index (Phi) is 5.11. The molecule has 5 rings (SSSR count). The van der Waals surface area contributed by atoms with Crippen LogP contribution in [0.15, 0.2) is 42.5 Å². The second kappa shape index (κ2) is 7.86. The number of rotatable bonds is 6. The molecule has 8 heteroatoms. The number of nitrogens with two attached hydrogens (primary N) is 1. The standard InChI is InChI=1S/C25H26FN3O4/c1-15(17-4-5-17)28(13-16-2-6-19(26)7-3-16)22(30)14-29-23(31)25(33-24(29)32)11-10-18-12-20(27)8-9-21(18)25/h2-3,6-9,12,15,17H,4-5,10-11,13-14,27H2,1H3/t15-,25+/m1/s1. The van der Waals surface area contributed by atoms with E-state index < -0.39 is 17.6 Å². The highest BCUT2D eigenvalue weighted by molar-refractivity contribution is 6.06. The van der Waals surface area contributed by atoms with Crippen LogP contribution in [0.1, 0.15) is 42.9 Å². The Labute approximate surface area is 191 Å². The first kappa shape index (κ1) is 21.4. The minimum absolute atomic E-state index is 0.0552. The molecule has 3 amide bonds. The van der Waals surface area contributed by atoms with Gasteiger partial charge in [-0.25, -0.2) is 14.1 Å². The molecule has 2 atom stereocenters. The maximum Gasteiger partial charge on any atom is 0.418 e. The molecule has 3 aliphatic rings. The maximum atomic E-state index is 13.4. The number of hydrogen-bond acceptors (Lipinski definition) is 5. The van der Waals surface area contributed by atoms with Crippen molar-refractivity contribution in [3.8, 4) is 0 Å². The first-order valence-corrected chi connectivity index (χ1v) is 11.3. The summed E-state index contributed by atoms with van der Waals surface area (Å²) in [5.74, 6) is -0.808. The molecule has 0 bridgehead atoms. The lowest BCUT2D eigenvalue weighted by molar-refractivity contribution is -0.143. The summed E-state index contributed by atoms with van der Waals surface area (Å²) in [6.07, 6.45) is 2.15. The number of carbonyl (C=O) groups excluding carboxylic acids is 3. The van der Waals surface area contributed by atoms with Crippen molar-refractivity contribution in [1.82, 2.24) is 9.80 Å². The monoisotopic (exact) mass is 451 g/mol. The second-order valence-electron chi connectivity index (χ2n) is 9.23. The molecular weight excluding hydrogens is 425 g/mol. The van der Waals surface area contributed by atoms with Gasteiger partial charge in [-0.1, -0.05) is 18.2 Å². The van der Waals surface area contributed by atoms with Crippen LogP contribution < -0.4 is 5.73 Å². The van der Waals surface area contributed by atoms with Gasteiger partial charge >= 0.3 is 6.09 Å². The van der Waals surface area contributed by atoms with E-state index in [4.69, 9.17) is 10.5 Å². The van der Waals surface area contributed by atoms with E-state index in [1.165, 1.54) is 12.1 Å². The van der Waals surface area contributed by atoms with Gasteiger partial charge in [0.2, 0.25) is 11.5 Å². The minimum atomic E-state index is -1.38. The minimum Gasteiger partial charge on any atom is -0.427 e. The second-order valence-corrected chi connectivity index (χ2v) is 9.23. The normalized spacial score (nSPS) is 22.4. The lowest BCUT2D eigenvalue weighted by Crippen LogP contribution is -2.47. The summed E-state index contributed by atoms with van der Waals surface area (Å²) in [5, 5.41) is 0. The molecule has 2 aromatic carbocycles. The Morgan fingerprint density at radius 1 is 1.24 bits per heavy atom. The lowest BCUT2D eigenvalue weighted by Gasteiger charge is -2.30. The van der Waals surface area contributed by atoms with Crippen molar-refractivity contribution >= 4 is 23.6 Å². The smallest absolute Gasteiger partial charge is 0.418 e. The molecule has 0 aromatic heterocycles. The number of fused-ring (bicyclic) bond motifs is 2. The molecule has 2 aromatic rings. The maximum absolute atomic E-state index is 13.4. The van der Waals surface area contributed by atoms with Crippen molar-refractivity contribution in [1.29, 1.82) is 0 Å². The first-order chi connectivity index (χ1) is 15.8. The largest absolute Gasteiger partial charge is 0.427 e. The van der Waals surface area contributed by atoms with Crippen LogP contribution in [0.4, 0.5) is 14.9 Å². The van der Waals surface area contributed by atoms with Crippen molar-refractivity contribution in [3.63, 3.8) is 0 Å². The average molecular weight is 451 g/mol. The van der Waals surface area contributed by atoms with Gasteiger partial charge in [-0.3, -0.25) is 9.59 Å². The molecular formula is C25H26FN3O4. The van der Waals surface area contributed by atoms with Crippen molar-refractivity contribution in [2.24, 2.45) is 5.92 Å². The van der Waals surface area contributed by atoms with E-state index in [-0.39, 0.29) is 30.9 Å². The van der Waals surface area contributed by atoms with Crippen LogP contribution >= 0.6 is 0 Å². The van der Waals surface area contributed by atoms with Crippen LogP contribution in [-0.2, 0) is 32.9 Å².